The SMILES string of the molecule is C=CCOC(OC)C(C)(CC[Si](C(C)C)(C(C)C)C(C)C)C1CCCCC1. The van der Waals surface area contributed by atoms with Crippen LogP contribution >= 0.6 is 0 Å². The molecule has 0 N–H and O–H groups in total. The number of ether oxygens (including phenoxy) is 2. The van der Waals surface area contributed by atoms with E-state index in [4.69, 9.17) is 9.47 Å². The van der Waals surface area contributed by atoms with Crippen molar-refractivity contribution < 1.29 is 9.47 Å². The van der Waals surface area contributed by atoms with Gasteiger partial charge >= 0.3 is 0 Å². The molecule has 160 valence electrons. The molecule has 0 spiro atoms. The molecule has 0 aliphatic heterocycles. The third kappa shape index (κ3) is 5.70. The summed E-state index contributed by atoms with van der Waals surface area (Å²) < 4.78 is 12.1. The van der Waals surface area contributed by atoms with Crippen LogP contribution in [0.1, 0.15) is 87.0 Å². The van der Waals surface area contributed by atoms with E-state index in [1.54, 1.807) is 0 Å². The molecule has 0 saturated heterocycles. The van der Waals surface area contributed by atoms with Gasteiger partial charge in [-0.15, -0.1) is 6.58 Å². The second-order valence-electron chi connectivity index (χ2n) is 10.1. The summed E-state index contributed by atoms with van der Waals surface area (Å²) in [7, 11) is 0.404. The molecule has 0 aromatic carbocycles. The van der Waals surface area contributed by atoms with Gasteiger partial charge in [-0.1, -0.05) is 96.5 Å². The van der Waals surface area contributed by atoms with Crippen molar-refractivity contribution in [3.63, 3.8) is 0 Å². The molecule has 1 aliphatic carbocycles. The van der Waals surface area contributed by atoms with Crippen molar-refractivity contribution in [1.82, 2.24) is 0 Å². The van der Waals surface area contributed by atoms with Crippen LogP contribution in [0.3, 0.4) is 0 Å². The fraction of sp³-hybridized carbons (Fsp3) is 0.917. The normalized spacial score (nSPS) is 20.3. The molecule has 0 radical (unpaired) electrons. The van der Waals surface area contributed by atoms with Crippen molar-refractivity contribution in [2.75, 3.05) is 13.7 Å². The van der Waals surface area contributed by atoms with Gasteiger partial charge in [0.1, 0.15) is 0 Å². The molecular weight excluding hydrogens is 348 g/mol. The third-order valence-corrected chi connectivity index (χ3v) is 15.5. The van der Waals surface area contributed by atoms with Crippen molar-refractivity contribution in [1.29, 1.82) is 0 Å². The lowest BCUT2D eigenvalue weighted by Crippen LogP contribution is -2.48. The first kappa shape index (κ1) is 24.9. The highest BCUT2D eigenvalue weighted by Crippen LogP contribution is 2.51. The summed E-state index contributed by atoms with van der Waals surface area (Å²) in [5.74, 6) is 0.708. The molecule has 0 heterocycles. The van der Waals surface area contributed by atoms with E-state index in [0.717, 1.165) is 16.6 Å². The fourth-order valence-corrected chi connectivity index (χ4v) is 13.0. The number of methoxy groups -OCH3 is 1. The Kier molecular flexibility index (Phi) is 10.3. The minimum atomic E-state index is -1.42. The van der Waals surface area contributed by atoms with Crippen LogP contribution in [0.15, 0.2) is 12.7 Å². The first-order valence-electron chi connectivity index (χ1n) is 11.4. The van der Waals surface area contributed by atoms with Crippen molar-refractivity contribution >= 4 is 8.07 Å². The van der Waals surface area contributed by atoms with Gasteiger partial charge in [0.15, 0.2) is 6.29 Å². The van der Waals surface area contributed by atoms with Gasteiger partial charge in [-0.2, -0.15) is 0 Å². The molecule has 2 nitrogen and oxygen atoms in total. The van der Waals surface area contributed by atoms with Crippen LogP contribution in [0, 0.1) is 11.3 Å². The van der Waals surface area contributed by atoms with E-state index in [0.29, 0.717) is 12.5 Å². The van der Waals surface area contributed by atoms with E-state index in [1.807, 2.05) is 13.2 Å². The van der Waals surface area contributed by atoms with Crippen LogP contribution in [0.25, 0.3) is 0 Å². The second-order valence-corrected chi connectivity index (χ2v) is 16.3. The van der Waals surface area contributed by atoms with Crippen molar-refractivity contribution in [3.05, 3.63) is 12.7 Å². The zero-order chi connectivity index (χ0) is 20.7. The summed E-state index contributed by atoms with van der Waals surface area (Å²) in [6, 6.07) is 1.38. The van der Waals surface area contributed by atoms with Crippen LogP contribution in [-0.4, -0.2) is 28.1 Å². The molecule has 2 unspecified atom stereocenters. The predicted octanol–water partition coefficient (Wildman–Crippen LogP) is 7.82. The first-order chi connectivity index (χ1) is 12.7. The Balaban J connectivity index is 3.16. The quantitative estimate of drug-likeness (QED) is 0.190. The maximum Gasteiger partial charge on any atom is 0.163 e. The van der Waals surface area contributed by atoms with Gasteiger partial charge in [0.25, 0.3) is 0 Å². The summed E-state index contributed by atoms with van der Waals surface area (Å²) in [4.78, 5) is 0. The van der Waals surface area contributed by atoms with Crippen molar-refractivity contribution in [2.45, 2.75) is 116 Å². The van der Waals surface area contributed by atoms with Crippen LogP contribution in [0.5, 0.6) is 0 Å². The Morgan fingerprint density at radius 3 is 1.93 bits per heavy atom. The number of rotatable bonds is 12. The third-order valence-electron chi connectivity index (χ3n) is 7.98. The average molecular weight is 397 g/mol. The maximum absolute atomic E-state index is 6.18. The van der Waals surface area contributed by atoms with Crippen molar-refractivity contribution in [2.24, 2.45) is 11.3 Å². The van der Waals surface area contributed by atoms with Gasteiger partial charge in [-0.25, -0.2) is 0 Å². The standard InChI is InChI=1S/C24H48O2Si/c1-10-17-26-23(25-9)24(8,22-14-12-11-13-15-22)16-18-27(19(2)3,20(4)5)21(6)7/h10,19-23H,1,11-18H2,2-9H3. The number of hydrogen-bond donors (Lipinski definition) is 0. The molecule has 1 rings (SSSR count). The fourth-order valence-electron chi connectivity index (χ4n) is 6.31. The van der Waals surface area contributed by atoms with Gasteiger partial charge in [-0.3, -0.25) is 0 Å². The number of hydrogen-bond acceptors (Lipinski definition) is 2. The molecule has 0 bridgehead atoms. The summed E-state index contributed by atoms with van der Waals surface area (Å²) in [6.45, 7) is 21.7. The molecule has 2 atom stereocenters. The highest BCUT2D eigenvalue weighted by molar-refractivity contribution is 6.83. The first-order valence-corrected chi connectivity index (χ1v) is 13.9. The highest BCUT2D eigenvalue weighted by atomic mass is 28.3. The topological polar surface area (TPSA) is 18.5 Å². The van der Waals surface area contributed by atoms with E-state index in [9.17, 15) is 0 Å². The summed E-state index contributed by atoms with van der Waals surface area (Å²) in [6.07, 6.45) is 9.72. The molecule has 0 amide bonds. The van der Waals surface area contributed by atoms with Gasteiger partial charge < -0.3 is 9.47 Å². The van der Waals surface area contributed by atoms with Crippen molar-refractivity contribution in [3.8, 4) is 0 Å². The van der Waals surface area contributed by atoms with E-state index in [2.05, 4.69) is 55.0 Å². The Morgan fingerprint density at radius 1 is 1.00 bits per heavy atom. The van der Waals surface area contributed by atoms with Crippen LogP contribution in [-0.2, 0) is 9.47 Å². The van der Waals surface area contributed by atoms with E-state index < -0.39 is 8.07 Å². The smallest absolute Gasteiger partial charge is 0.163 e. The predicted molar refractivity (Wildman–Crippen MR) is 122 cm³/mol. The Labute approximate surface area is 171 Å². The Bertz CT molecular complexity index is 404. The zero-order valence-electron chi connectivity index (χ0n) is 19.6. The minimum Gasteiger partial charge on any atom is -0.355 e. The van der Waals surface area contributed by atoms with E-state index in [-0.39, 0.29) is 11.7 Å². The van der Waals surface area contributed by atoms with E-state index in [1.165, 1.54) is 44.6 Å². The lowest BCUT2D eigenvalue weighted by atomic mass is 9.67. The van der Waals surface area contributed by atoms with Gasteiger partial charge in [0, 0.05) is 12.5 Å². The van der Waals surface area contributed by atoms with E-state index >= 15 is 0 Å². The van der Waals surface area contributed by atoms with Crippen LogP contribution in [0.4, 0.5) is 0 Å². The summed E-state index contributed by atoms with van der Waals surface area (Å²) in [5, 5.41) is 0. The lowest BCUT2D eigenvalue weighted by Gasteiger charge is -2.49. The Hall–Kier alpha value is -0.123. The minimum absolute atomic E-state index is 0.0924. The monoisotopic (exact) mass is 396 g/mol. The van der Waals surface area contributed by atoms with Gasteiger partial charge in [0.05, 0.1) is 14.7 Å². The Morgan fingerprint density at radius 2 is 1.52 bits per heavy atom. The molecule has 3 heteroatoms. The van der Waals surface area contributed by atoms with Crippen LogP contribution in [0.2, 0.25) is 22.7 Å². The summed E-state index contributed by atoms with van der Waals surface area (Å²) in [5.41, 5.74) is 2.52. The maximum atomic E-state index is 6.18. The lowest BCUT2D eigenvalue weighted by molar-refractivity contribution is -0.203. The largest absolute Gasteiger partial charge is 0.355 e. The molecule has 0 aromatic rings. The summed E-state index contributed by atoms with van der Waals surface area (Å²) >= 11 is 0. The van der Waals surface area contributed by atoms with Gasteiger partial charge in [0.2, 0.25) is 0 Å². The van der Waals surface area contributed by atoms with Crippen LogP contribution < -0.4 is 0 Å². The molecule has 1 aliphatic rings. The second kappa shape index (κ2) is 11.2. The average Bonchev–Trinajstić information content (AvgIpc) is 2.62. The molecule has 1 fully saturated rings. The van der Waals surface area contributed by atoms with Gasteiger partial charge in [-0.05, 0) is 25.2 Å². The highest BCUT2D eigenvalue weighted by Gasteiger charge is 2.48. The molecule has 27 heavy (non-hydrogen) atoms. The molecule has 1 saturated carbocycles. The zero-order valence-corrected chi connectivity index (χ0v) is 20.6. The molecular formula is C24H48O2Si. The molecule has 0 aromatic heterocycles.